The first-order valence-electron chi connectivity index (χ1n) is 5.91. The van der Waals surface area contributed by atoms with Gasteiger partial charge >= 0.3 is 0 Å². The van der Waals surface area contributed by atoms with E-state index in [-0.39, 0.29) is 16.9 Å². The van der Waals surface area contributed by atoms with E-state index in [1.54, 1.807) is 0 Å². The second kappa shape index (κ2) is 6.07. The highest BCUT2D eigenvalue weighted by Gasteiger charge is 2.30. The summed E-state index contributed by atoms with van der Waals surface area (Å²) >= 11 is 5.99. The quantitative estimate of drug-likeness (QED) is 0.700. The van der Waals surface area contributed by atoms with E-state index in [0.717, 1.165) is 19.1 Å². The molecule has 0 aromatic heterocycles. The molecule has 1 heterocycles. The van der Waals surface area contributed by atoms with Crippen LogP contribution in [0.15, 0.2) is 0 Å². The minimum atomic E-state index is -3.45. The van der Waals surface area contributed by atoms with Gasteiger partial charge < -0.3 is 0 Å². The summed E-state index contributed by atoms with van der Waals surface area (Å²) in [7, 11) is -6.70. The minimum absolute atomic E-state index is 0.0471. The Bertz CT molecular complexity index is 464. The van der Waals surface area contributed by atoms with Gasteiger partial charge in [-0.1, -0.05) is 0 Å². The third-order valence-electron chi connectivity index (χ3n) is 3.25. The van der Waals surface area contributed by atoms with Crippen molar-refractivity contribution in [1.29, 1.82) is 0 Å². The molecule has 1 aliphatic heterocycles. The SMILES string of the molecule is CC(Cl)C1CCN(S(=O)(=O)CCS(C)(=O)=O)CC1. The van der Waals surface area contributed by atoms with Crippen molar-refractivity contribution >= 4 is 31.5 Å². The first-order chi connectivity index (χ1) is 8.12. The molecular formula is C10H20ClNO4S2. The molecule has 1 unspecified atom stereocenters. The Labute approximate surface area is 114 Å². The number of alkyl halides is 1. The van der Waals surface area contributed by atoms with Crippen LogP contribution in [-0.2, 0) is 19.9 Å². The van der Waals surface area contributed by atoms with Crippen LogP contribution in [-0.4, -0.2) is 57.4 Å². The van der Waals surface area contributed by atoms with Crippen molar-refractivity contribution in [3.8, 4) is 0 Å². The van der Waals surface area contributed by atoms with Crippen molar-refractivity contribution in [3.05, 3.63) is 0 Å². The van der Waals surface area contributed by atoms with Gasteiger partial charge in [-0.15, -0.1) is 11.6 Å². The molecule has 0 saturated carbocycles. The number of hydrogen-bond acceptors (Lipinski definition) is 4. The lowest BCUT2D eigenvalue weighted by molar-refractivity contribution is 0.272. The summed E-state index contributed by atoms with van der Waals surface area (Å²) < 4.78 is 47.3. The highest BCUT2D eigenvalue weighted by molar-refractivity contribution is 7.93. The zero-order valence-electron chi connectivity index (χ0n) is 10.7. The van der Waals surface area contributed by atoms with E-state index in [1.165, 1.54) is 4.31 Å². The molecule has 0 N–H and O–H groups in total. The monoisotopic (exact) mass is 317 g/mol. The third-order valence-corrected chi connectivity index (χ3v) is 6.69. The average molecular weight is 318 g/mol. The van der Waals surface area contributed by atoms with E-state index in [1.807, 2.05) is 6.92 Å². The lowest BCUT2D eigenvalue weighted by atomic mass is 9.95. The van der Waals surface area contributed by atoms with Crippen LogP contribution in [0.25, 0.3) is 0 Å². The Hall–Kier alpha value is 0.150. The Kier molecular flexibility index (Phi) is 5.46. The number of hydrogen-bond donors (Lipinski definition) is 0. The summed E-state index contributed by atoms with van der Waals surface area (Å²) in [5, 5.41) is 0.0471. The summed E-state index contributed by atoms with van der Waals surface area (Å²) in [5.41, 5.74) is 0. The molecule has 0 aromatic carbocycles. The second-order valence-electron chi connectivity index (χ2n) is 4.86. The summed E-state index contributed by atoms with van der Waals surface area (Å²) in [5.74, 6) is -0.304. The minimum Gasteiger partial charge on any atom is -0.229 e. The topological polar surface area (TPSA) is 71.5 Å². The fraction of sp³-hybridized carbons (Fsp3) is 1.00. The average Bonchev–Trinajstić information content (AvgIpc) is 2.26. The van der Waals surface area contributed by atoms with Crippen molar-refractivity contribution in [1.82, 2.24) is 4.31 Å². The van der Waals surface area contributed by atoms with Gasteiger partial charge in [-0.3, -0.25) is 0 Å². The van der Waals surface area contributed by atoms with Gasteiger partial charge in [0.2, 0.25) is 10.0 Å². The zero-order valence-corrected chi connectivity index (χ0v) is 13.1. The summed E-state index contributed by atoms with van der Waals surface area (Å²) in [4.78, 5) is 0. The Balaban J connectivity index is 2.56. The van der Waals surface area contributed by atoms with Crippen LogP contribution in [0.1, 0.15) is 19.8 Å². The normalized spacial score (nSPS) is 21.9. The van der Waals surface area contributed by atoms with Crippen LogP contribution in [0.5, 0.6) is 0 Å². The molecule has 0 aliphatic carbocycles. The van der Waals surface area contributed by atoms with Crippen LogP contribution < -0.4 is 0 Å². The lowest BCUT2D eigenvalue weighted by Crippen LogP contribution is -2.42. The van der Waals surface area contributed by atoms with E-state index >= 15 is 0 Å². The maximum atomic E-state index is 11.9. The molecule has 0 amide bonds. The fourth-order valence-electron chi connectivity index (χ4n) is 2.00. The van der Waals surface area contributed by atoms with Crippen molar-refractivity contribution in [2.45, 2.75) is 25.1 Å². The second-order valence-corrected chi connectivity index (χ2v) is 9.90. The molecule has 5 nitrogen and oxygen atoms in total. The van der Waals surface area contributed by atoms with Crippen LogP contribution >= 0.6 is 11.6 Å². The van der Waals surface area contributed by atoms with Crippen LogP contribution in [0, 0.1) is 5.92 Å². The van der Waals surface area contributed by atoms with Crippen LogP contribution in [0.4, 0.5) is 0 Å². The molecule has 8 heteroatoms. The maximum Gasteiger partial charge on any atom is 0.215 e. The van der Waals surface area contributed by atoms with Crippen molar-refractivity contribution < 1.29 is 16.8 Å². The maximum absolute atomic E-state index is 11.9. The molecule has 108 valence electrons. The molecule has 0 bridgehead atoms. The number of rotatable bonds is 5. The van der Waals surface area contributed by atoms with E-state index < -0.39 is 19.9 Å². The Morgan fingerprint density at radius 1 is 1.17 bits per heavy atom. The summed E-state index contributed by atoms with van der Waals surface area (Å²) in [6.07, 6.45) is 2.52. The van der Waals surface area contributed by atoms with Crippen LogP contribution in [0.3, 0.4) is 0 Å². The van der Waals surface area contributed by atoms with Gasteiger partial charge in [-0.05, 0) is 25.7 Å². The van der Waals surface area contributed by atoms with Crippen molar-refractivity contribution in [3.63, 3.8) is 0 Å². The molecule has 0 radical (unpaired) electrons. The van der Waals surface area contributed by atoms with Gasteiger partial charge in [-0.2, -0.15) is 0 Å². The van der Waals surface area contributed by atoms with Gasteiger partial charge in [0, 0.05) is 24.7 Å². The Morgan fingerprint density at radius 3 is 2.06 bits per heavy atom. The van der Waals surface area contributed by atoms with E-state index in [4.69, 9.17) is 11.6 Å². The predicted molar refractivity (Wildman–Crippen MR) is 73.1 cm³/mol. The molecule has 18 heavy (non-hydrogen) atoms. The molecule has 0 spiro atoms. The van der Waals surface area contributed by atoms with Crippen molar-refractivity contribution in [2.75, 3.05) is 30.9 Å². The highest BCUT2D eigenvalue weighted by atomic mass is 35.5. The largest absolute Gasteiger partial charge is 0.229 e. The zero-order chi connectivity index (χ0) is 14.0. The fourth-order valence-corrected chi connectivity index (χ4v) is 5.33. The van der Waals surface area contributed by atoms with E-state index in [0.29, 0.717) is 19.0 Å². The number of halogens is 1. The van der Waals surface area contributed by atoms with Gasteiger partial charge in [0.1, 0.15) is 9.84 Å². The molecule has 1 atom stereocenters. The highest BCUT2D eigenvalue weighted by Crippen LogP contribution is 2.25. The summed E-state index contributed by atoms with van der Waals surface area (Å²) in [6.45, 7) is 2.79. The lowest BCUT2D eigenvalue weighted by Gasteiger charge is -2.32. The molecule has 1 saturated heterocycles. The molecule has 0 aromatic rings. The first kappa shape index (κ1) is 16.2. The van der Waals surface area contributed by atoms with Crippen molar-refractivity contribution in [2.24, 2.45) is 5.92 Å². The van der Waals surface area contributed by atoms with E-state index in [2.05, 4.69) is 0 Å². The molecule has 1 fully saturated rings. The van der Waals surface area contributed by atoms with Gasteiger partial charge in [-0.25, -0.2) is 21.1 Å². The predicted octanol–water partition coefficient (Wildman–Crippen LogP) is 0.700. The Morgan fingerprint density at radius 2 is 1.67 bits per heavy atom. The molecule has 1 aliphatic rings. The number of nitrogens with zero attached hydrogens (tertiary/aromatic N) is 1. The van der Waals surface area contributed by atoms with Crippen LogP contribution in [0.2, 0.25) is 0 Å². The van der Waals surface area contributed by atoms with Gasteiger partial charge in [0.15, 0.2) is 0 Å². The van der Waals surface area contributed by atoms with Gasteiger partial charge in [0.25, 0.3) is 0 Å². The van der Waals surface area contributed by atoms with Gasteiger partial charge in [0.05, 0.1) is 11.5 Å². The number of sulfonamides is 1. The standard InChI is InChI=1S/C10H20ClNO4S2/c1-9(11)10-3-5-12(6-4-10)18(15,16)8-7-17(2,13)14/h9-10H,3-8H2,1-2H3. The summed E-state index contributed by atoms with van der Waals surface area (Å²) in [6, 6.07) is 0. The first-order valence-corrected chi connectivity index (χ1v) is 10.0. The number of sulfone groups is 1. The molecule has 1 rings (SSSR count). The smallest absolute Gasteiger partial charge is 0.215 e. The third kappa shape index (κ3) is 5.03. The van der Waals surface area contributed by atoms with E-state index in [9.17, 15) is 16.8 Å². The number of piperidine rings is 1. The molecular weight excluding hydrogens is 298 g/mol.